The van der Waals surface area contributed by atoms with Gasteiger partial charge in [0.05, 0.1) is 0 Å². The van der Waals surface area contributed by atoms with Crippen LogP contribution in [0.15, 0.2) is 24.3 Å². The van der Waals surface area contributed by atoms with Crippen LogP contribution in [0.4, 0.5) is 10.5 Å². The van der Waals surface area contributed by atoms with Gasteiger partial charge in [-0.25, -0.2) is 4.79 Å². The molecule has 0 unspecified atom stereocenters. The second kappa shape index (κ2) is 6.31. The molecule has 1 aromatic carbocycles. The lowest BCUT2D eigenvalue weighted by Gasteiger charge is -2.14. The lowest BCUT2D eigenvalue weighted by atomic mass is 10.2. The van der Waals surface area contributed by atoms with Crippen LogP contribution >= 0.6 is 0 Å². The predicted octanol–water partition coefficient (Wildman–Crippen LogP) is 0.411. The molecule has 0 bridgehead atoms. The van der Waals surface area contributed by atoms with Crippen molar-refractivity contribution >= 4 is 29.4 Å². The Morgan fingerprint density at radius 1 is 1.25 bits per heavy atom. The minimum absolute atomic E-state index is 0.0249. The third-order valence-electron chi connectivity index (χ3n) is 3.85. The fourth-order valence-corrected chi connectivity index (χ4v) is 2.40. The zero-order valence-electron chi connectivity index (χ0n) is 13.2. The number of rotatable bonds is 5. The van der Waals surface area contributed by atoms with Gasteiger partial charge in [0.25, 0.3) is 11.8 Å². The molecule has 8 nitrogen and oxygen atoms in total. The van der Waals surface area contributed by atoms with Gasteiger partial charge in [0, 0.05) is 24.3 Å². The summed E-state index contributed by atoms with van der Waals surface area (Å²) in [7, 11) is 1.50. The number of urea groups is 1. The summed E-state index contributed by atoms with van der Waals surface area (Å²) in [6, 6.07) is 6.29. The van der Waals surface area contributed by atoms with Crippen LogP contribution in [0.2, 0.25) is 0 Å². The lowest BCUT2D eigenvalue weighted by molar-refractivity contribution is -0.129. The van der Waals surface area contributed by atoms with E-state index in [0.717, 1.165) is 17.7 Å². The molecule has 2 N–H and O–H groups in total. The summed E-state index contributed by atoms with van der Waals surface area (Å²) in [4.78, 5) is 49.6. The molecule has 1 saturated heterocycles. The van der Waals surface area contributed by atoms with Crippen LogP contribution in [-0.2, 0) is 9.59 Å². The molecule has 5 amide bonds. The van der Waals surface area contributed by atoms with Gasteiger partial charge >= 0.3 is 6.03 Å². The van der Waals surface area contributed by atoms with E-state index in [4.69, 9.17) is 0 Å². The third kappa shape index (κ3) is 3.53. The van der Waals surface area contributed by atoms with Gasteiger partial charge in [0.1, 0.15) is 13.1 Å². The molecular formula is C16H18N4O4. The number of carbonyl (C=O) groups excluding carboxylic acids is 4. The first-order valence-electron chi connectivity index (χ1n) is 7.70. The average Bonchev–Trinajstić information content (AvgIpc) is 3.32. The number of nitrogens with one attached hydrogen (secondary N) is 2. The predicted molar refractivity (Wildman–Crippen MR) is 85.3 cm³/mol. The smallest absolute Gasteiger partial charge is 0.327 e. The van der Waals surface area contributed by atoms with Crippen molar-refractivity contribution < 1.29 is 19.2 Å². The Labute approximate surface area is 138 Å². The summed E-state index contributed by atoms with van der Waals surface area (Å²) in [5.74, 6) is -1.08. The van der Waals surface area contributed by atoms with Crippen LogP contribution in [0.1, 0.15) is 23.2 Å². The summed E-state index contributed by atoms with van der Waals surface area (Å²) in [6.45, 7) is -0.372. The van der Waals surface area contributed by atoms with E-state index in [1.165, 1.54) is 11.9 Å². The fraction of sp³-hybridized carbons (Fsp3) is 0.375. The van der Waals surface area contributed by atoms with Gasteiger partial charge < -0.3 is 15.5 Å². The number of carbonyl (C=O) groups is 4. The number of hydrogen-bond acceptors (Lipinski definition) is 4. The van der Waals surface area contributed by atoms with Crippen molar-refractivity contribution in [1.29, 1.82) is 0 Å². The Bertz CT molecular complexity index is 714. The highest BCUT2D eigenvalue weighted by Crippen LogP contribution is 2.20. The van der Waals surface area contributed by atoms with E-state index in [1.807, 2.05) is 0 Å². The number of anilines is 1. The van der Waals surface area contributed by atoms with E-state index >= 15 is 0 Å². The molecule has 0 radical (unpaired) electrons. The maximum Gasteiger partial charge on any atom is 0.327 e. The Kier molecular flexibility index (Phi) is 4.20. The molecule has 1 aliphatic carbocycles. The highest BCUT2D eigenvalue weighted by atomic mass is 16.2. The minimum Gasteiger partial charge on any atom is -0.349 e. The number of nitrogens with zero attached hydrogens (tertiary/aromatic N) is 2. The topological polar surface area (TPSA) is 98.8 Å². The van der Waals surface area contributed by atoms with Gasteiger partial charge in [-0.2, -0.15) is 0 Å². The first-order chi connectivity index (χ1) is 11.4. The van der Waals surface area contributed by atoms with Gasteiger partial charge in [0.15, 0.2) is 0 Å². The van der Waals surface area contributed by atoms with Crippen LogP contribution in [-0.4, -0.2) is 59.7 Å². The summed E-state index contributed by atoms with van der Waals surface area (Å²) in [6.07, 6.45) is 1.99. The first-order valence-corrected chi connectivity index (χ1v) is 7.70. The highest BCUT2D eigenvalue weighted by Gasteiger charge is 2.34. The largest absolute Gasteiger partial charge is 0.349 e. The number of likely N-dealkylation sites (N-methyl/N-ethyl adjacent to an activating group) is 1. The van der Waals surface area contributed by atoms with Crippen LogP contribution in [0.5, 0.6) is 0 Å². The SMILES string of the molecule is CN1CC(=O)N(CC(=O)Nc2cccc(C(=O)NC3CC3)c2)C1=O. The number of imide groups is 1. The van der Waals surface area contributed by atoms with E-state index < -0.39 is 17.8 Å². The molecular weight excluding hydrogens is 312 g/mol. The molecule has 0 spiro atoms. The van der Waals surface area contributed by atoms with E-state index in [-0.39, 0.29) is 25.0 Å². The summed E-state index contributed by atoms with van der Waals surface area (Å²) in [5, 5.41) is 5.48. The van der Waals surface area contributed by atoms with Crippen molar-refractivity contribution in [3.05, 3.63) is 29.8 Å². The summed E-state index contributed by atoms with van der Waals surface area (Å²) < 4.78 is 0. The normalized spacial score (nSPS) is 17.2. The first kappa shape index (κ1) is 16.0. The van der Waals surface area contributed by atoms with Gasteiger partial charge in [-0.1, -0.05) is 6.07 Å². The lowest BCUT2D eigenvalue weighted by Crippen LogP contribution is -2.38. The maximum absolute atomic E-state index is 12.1. The highest BCUT2D eigenvalue weighted by molar-refractivity contribution is 6.06. The second-order valence-electron chi connectivity index (χ2n) is 6.00. The quantitative estimate of drug-likeness (QED) is 0.764. The molecule has 0 atom stereocenters. The van der Waals surface area contributed by atoms with Crippen LogP contribution in [0.3, 0.4) is 0 Å². The van der Waals surface area contributed by atoms with E-state index in [1.54, 1.807) is 24.3 Å². The molecule has 24 heavy (non-hydrogen) atoms. The molecule has 3 rings (SSSR count). The molecule has 1 aromatic rings. The van der Waals surface area contributed by atoms with Crippen LogP contribution in [0, 0.1) is 0 Å². The van der Waals surface area contributed by atoms with E-state index in [0.29, 0.717) is 11.3 Å². The van der Waals surface area contributed by atoms with Gasteiger partial charge in [0.2, 0.25) is 5.91 Å². The van der Waals surface area contributed by atoms with Gasteiger partial charge in [-0.15, -0.1) is 0 Å². The van der Waals surface area contributed by atoms with Crippen molar-refractivity contribution in [2.45, 2.75) is 18.9 Å². The average molecular weight is 330 g/mol. The minimum atomic E-state index is -0.494. The Balaban J connectivity index is 1.61. The van der Waals surface area contributed by atoms with Crippen molar-refractivity contribution in [1.82, 2.24) is 15.1 Å². The molecule has 2 fully saturated rings. The number of amides is 5. The Hall–Kier alpha value is -2.90. The molecule has 8 heteroatoms. The third-order valence-corrected chi connectivity index (χ3v) is 3.85. The molecule has 1 heterocycles. The van der Waals surface area contributed by atoms with E-state index in [2.05, 4.69) is 10.6 Å². The second-order valence-corrected chi connectivity index (χ2v) is 6.00. The van der Waals surface area contributed by atoms with E-state index in [9.17, 15) is 19.2 Å². The van der Waals surface area contributed by atoms with Crippen molar-refractivity contribution in [3.8, 4) is 0 Å². The van der Waals surface area contributed by atoms with Crippen LogP contribution in [0.25, 0.3) is 0 Å². The van der Waals surface area contributed by atoms with Gasteiger partial charge in [-0.05, 0) is 31.0 Å². The summed E-state index contributed by atoms with van der Waals surface area (Å²) in [5.41, 5.74) is 0.892. The molecule has 126 valence electrons. The van der Waals surface area contributed by atoms with Crippen molar-refractivity contribution in [2.24, 2.45) is 0 Å². The number of hydrogen-bond donors (Lipinski definition) is 2. The van der Waals surface area contributed by atoms with Gasteiger partial charge in [-0.3, -0.25) is 19.3 Å². The standard InChI is InChI=1S/C16H18N4O4/c1-19-9-14(22)20(16(19)24)8-13(21)17-12-4-2-3-10(7-12)15(23)18-11-5-6-11/h2-4,7,11H,5-6,8-9H2,1H3,(H,17,21)(H,18,23). The zero-order chi connectivity index (χ0) is 17.3. The number of benzene rings is 1. The fourth-order valence-electron chi connectivity index (χ4n) is 2.40. The maximum atomic E-state index is 12.1. The van der Waals surface area contributed by atoms with Crippen LogP contribution < -0.4 is 10.6 Å². The molecule has 2 aliphatic rings. The van der Waals surface area contributed by atoms with Crippen molar-refractivity contribution in [2.75, 3.05) is 25.5 Å². The molecule has 1 aliphatic heterocycles. The Morgan fingerprint density at radius 2 is 2.00 bits per heavy atom. The molecule has 1 saturated carbocycles. The molecule has 0 aromatic heterocycles. The van der Waals surface area contributed by atoms with Crippen molar-refractivity contribution in [3.63, 3.8) is 0 Å². The zero-order valence-corrected chi connectivity index (χ0v) is 13.2. The Morgan fingerprint density at radius 3 is 2.62 bits per heavy atom. The summed E-state index contributed by atoms with van der Waals surface area (Å²) >= 11 is 0. The monoisotopic (exact) mass is 330 g/mol.